The Balaban J connectivity index is 2.57. The van der Waals surface area contributed by atoms with E-state index >= 15 is 0 Å². The average molecular weight is 261 g/mol. The number of hydrogen-bond donors (Lipinski definition) is 1. The molecule has 0 aliphatic carbocycles. The van der Waals surface area contributed by atoms with Gasteiger partial charge in [0, 0.05) is 0 Å². The maximum absolute atomic E-state index is 12.3. The lowest BCUT2D eigenvalue weighted by atomic mass is 9.96. The number of aliphatic carboxylic acids is 1. The molecule has 1 heterocycles. The van der Waals surface area contributed by atoms with Gasteiger partial charge >= 0.3 is 5.97 Å². The molecule has 0 bridgehead atoms. The van der Waals surface area contributed by atoms with Gasteiger partial charge in [0.1, 0.15) is 5.54 Å². The zero-order chi connectivity index (χ0) is 14.4. The van der Waals surface area contributed by atoms with Crippen LogP contribution in [-0.2, 0) is 4.79 Å². The van der Waals surface area contributed by atoms with Crippen molar-refractivity contribution < 1.29 is 19.5 Å². The van der Waals surface area contributed by atoms with Crippen LogP contribution >= 0.6 is 0 Å². The number of carbonyl (C=O) groups is 3. The predicted molar refractivity (Wildman–Crippen MR) is 68.0 cm³/mol. The quantitative estimate of drug-likeness (QED) is 0.842. The first kappa shape index (κ1) is 13.3. The Morgan fingerprint density at radius 3 is 2.37 bits per heavy atom. The highest BCUT2D eigenvalue weighted by Crippen LogP contribution is 2.32. The highest BCUT2D eigenvalue weighted by molar-refractivity contribution is 6.23. The lowest BCUT2D eigenvalue weighted by Gasteiger charge is -2.32. The Labute approximate surface area is 110 Å². The van der Waals surface area contributed by atoms with Crippen molar-refractivity contribution in [2.24, 2.45) is 0 Å². The van der Waals surface area contributed by atoms with Gasteiger partial charge in [0.05, 0.1) is 11.1 Å². The van der Waals surface area contributed by atoms with Crippen LogP contribution in [0, 0.1) is 6.92 Å². The molecule has 0 saturated heterocycles. The summed E-state index contributed by atoms with van der Waals surface area (Å²) in [4.78, 5) is 36.8. The van der Waals surface area contributed by atoms with Gasteiger partial charge in [0.25, 0.3) is 11.8 Å². The number of carbonyl (C=O) groups excluding carboxylic acids is 2. The molecule has 19 heavy (non-hydrogen) atoms. The van der Waals surface area contributed by atoms with Gasteiger partial charge in [-0.3, -0.25) is 14.5 Å². The summed E-state index contributed by atoms with van der Waals surface area (Å²) in [5.74, 6) is -2.25. The molecule has 0 spiro atoms. The minimum atomic E-state index is -1.51. The van der Waals surface area contributed by atoms with Gasteiger partial charge in [0.2, 0.25) is 0 Å². The number of benzene rings is 1. The molecule has 0 aromatic heterocycles. The van der Waals surface area contributed by atoms with Crippen LogP contribution < -0.4 is 0 Å². The molecule has 5 nitrogen and oxygen atoms in total. The molecule has 1 atom stereocenters. The van der Waals surface area contributed by atoms with Crippen LogP contribution in [0.4, 0.5) is 0 Å². The minimum absolute atomic E-state index is 0.160. The zero-order valence-electron chi connectivity index (χ0n) is 11.1. The summed E-state index contributed by atoms with van der Waals surface area (Å²) in [6, 6.07) is 4.92. The summed E-state index contributed by atoms with van der Waals surface area (Å²) in [5.41, 5.74) is -0.0982. The topological polar surface area (TPSA) is 74.7 Å². The fourth-order valence-electron chi connectivity index (χ4n) is 2.21. The largest absolute Gasteiger partial charge is 0.479 e. The van der Waals surface area contributed by atoms with Crippen LogP contribution in [0.25, 0.3) is 0 Å². The highest BCUT2D eigenvalue weighted by Gasteiger charge is 2.49. The van der Waals surface area contributed by atoms with Crippen LogP contribution in [0.2, 0.25) is 0 Å². The van der Waals surface area contributed by atoms with Gasteiger partial charge < -0.3 is 5.11 Å². The molecule has 1 aliphatic rings. The van der Waals surface area contributed by atoms with E-state index in [0.29, 0.717) is 0 Å². The number of aryl methyl sites for hydroxylation is 1. The van der Waals surface area contributed by atoms with Crippen molar-refractivity contribution in [1.82, 2.24) is 4.90 Å². The third kappa shape index (κ3) is 1.73. The second-order valence-electron chi connectivity index (χ2n) is 4.93. The van der Waals surface area contributed by atoms with E-state index in [-0.39, 0.29) is 17.5 Å². The Bertz CT molecular complexity index is 593. The molecule has 1 aromatic rings. The Morgan fingerprint density at radius 2 is 1.84 bits per heavy atom. The summed E-state index contributed by atoms with van der Waals surface area (Å²) in [6.07, 6.45) is 0.160. The van der Waals surface area contributed by atoms with Crippen molar-refractivity contribution in [2.45, 2.75) is 32.7 Å². The number of fused-ring (bicyclic) bond motifs is 1. The predicted octanol–water partition coefficient (Wildman–Crippen LogP) is 1.84. The third-order valence-electron chi connectivity index (χ3n) is 3.68. The Morgan fingerprint density at radius 1 is 1.26 bits per heavy atom. The minimum Gasteiger partial charge on any atom is -0.479 e. The number of amides is 2. The molecule has 0 fully saturated rings. The number of imide groups is 1. The van der Waals surface area contributed by atoms with Gasteiger partial charge in [0.15, 0.2) is 0 Å². The normalized spacial score (nSPS) is 17.3. The summed E-state index contributed by atoms with van der Waals surface area (Å²) in [6.45, 7) is 4.85. The first-order chi connectivity index (χ1) is 8.82. The summed E-state index contributed by atoms with van der Waals surface area (Å²) in [7, 11) is 0. The lowest BCUT2D eigenvalue weighted by molar-refractivity contribution is -0.147. The number of hydrogen-bond acceptors (Lipinski definition) is 3. The van der Waals surface area contributed by atoms with E-state index in [1.165, 1.54) is 6.92 Å². The van der Waals surface area contributed by atoms with E-state index in [1.807, 2.05) is 6.92 Å². The molecule has 2 amide bonds. The second kappa shape index (κ2) is 4.19. The molecule has 1 aromatic carbocycles. The van der Waals surface area contributed by atoms with Gasteiger partial charge in [-0.1, -0.05) is 18.6 Å². The molecule has 0 radical (unpaired) electrons. The van der Waals surface area contributed by atoms with E-state index < -0.39 is 23.3 Å². The van der Waals surface area contributed by atoms with Crippen LogP contribution in [-0.4, -0.2) is 33.3 Å². The van der Waals surface area contributed by atoms with Crippen molar-refractivity contribution >= 4 is 17.8 Å². The van der Waals surface area contributed by atoms with Crippen molar-refractivity contribution in [3.63, 3.8) is 0 Å². The lowest BCUT2D eigenvalue weighted by Crippen LogP contribution is -2.54. The van der Waals surface area contributed by atoms with Gasteiger partial charge in [-0.15, -0.1) is 0 Å². The van der Waals surface area contributed by atoms with Crippen LogP contribution in [0.5, 0.6) is 0 Å². The average Bonchev–Trinajstić information content (AvgIpc) is 2.61. The fraction of sp³-hybridized carbons (Fsp3) is 0.357. The molecule has 1 aliphatic heterocycles. The second-order valence-corrected chi connectivity index (χ2v) is 4.93. The molecule has 2 rings (SSSR count). The number of rotatable bonds is 3. The highest BCUT2D eigenvalue weighted by atomic mass is 16.4. The van der Waals surface area contributed by atoms with E-state index in [4.69, 9.17) is 0 Å². The maximum atomic E-state index is 12.3. The van der Waals surface area contributed by atoms with E-state index in [9.17, 15) is 19.5 Å². The molecular weight excluding hydrogens is 246 g/mol. The van der Waals surface area contributed by atoms with Crippen LogP contribution in [0.1, 0.15) is 46.5 Å². The van der Waals surface area contributed by atoms with E-state index in [2.05, 4.69) is 0 Å². The standard InChI is InChI=1S/C14H15NO4/c1-4-14(3,13(18)19)15-11(16)9-6-5-8(2)7-10(9)12(15)17/h5-7H,4H2,1-3H3,(H,18,19). The van der Waals surface area contributed by atoms with Crippen molar-refractivity contribution in [3.05, 3.63) is 34.9 Å². The van der Waals surface area contributed by atoms with Crippen molar-refractivity contribution in [1.29, 1.82) is 0 Å². The number of carboxylic acid groups (broad SMARTS) is 1. The first-order valence-electron chi connectivity index (χ1n) is 6.06. The summed E-state index contributed by atoms with van der Waals surface area (Å²) < 4.78 is 0. The maximum Gasteiger partial charge on any atom is 0.329 e. The number of carboxylic acids is 1. The molecular formula is C14H15NO4. The molecule has 0 saturated carbocycles. The molecule has 5 heteroatoms. The molecule has 1 unspecified atom stereocenters. The fourth-order valence-corrected chi connectivity index (χ4v) is 2.21. The van der Waals surface area contributed by atoms with Gasteiger partial charge in [-0.25, -0.2) is 4.79 Å². The smallest absolute Gasteiger partial charge is 0.329 e. The third-order valence-corrected chi connectivity index (χ3v) is 3.68. The number of nitrogens with zero attached hydrogens (tertiary/aromatic N) is 1. The Kier molecular flexibility index (Phi) is 2.92. The summed E-state index contributed by atoms with van der Waals surface area (Å²) >= 11 is 0. The van der Waals surface area contributed by atoms with Crippen molar-refractivity contribution in [3.8, 4) is 0 Å². The van der Waals surface area contributed by atoms with Crippen LogP contribution in [0.3, 0.4) is 0 Å². The van der Waals surface area contributed by atoms with E-state index in [0.717, 1.165) is 10.5 Å². The van der Waals surface area contributed by atoms with Crippen molar-refractivity contribution in [2.75, 3.05) is 0 Å². The molecule has 1 N–H and O–H groups in total. The van der Waals surface area contributed by atoms with Gasteiger partial charge in [-0.2, -0.15) is 0 Å². The summed E-state index contributed by atoms with van der Waals surface area (Å²) in [5, 5.41) is 9.32. The Hall–Kier alpha value is -2.17. The van der Waals surface area contributed by atoms with Crippen LogP contribution in [0.15, 0.2) is 18.2 Å². The molecule has 100 valence electrons. The SMILES string of the molecule is CCC(C)(C(=O)O)N1C(=O)c2ccc(C)cc2C1=O. The van der Waals surface area contributed by atoms with E-state index in [1.54, 1.807) is 25.1 Å². The first-order valence-corrected chi connectivity index (χ1v) is 6.06. The van der Waals surface area contributed by atoms with Gasteiger partial charge in [-0.05, 0) is 32.4 Å². The zero-order valence-corrected chi connectivity index (χ0v) is 11.1. The monoisotopic (exact) mass is 261 g/mol.